The van der Waals surface area contributed by atoms with Gasteiger partial charge in [0.1, 0.15) is 28.1 Å². The van der Waals surface area contributed by atoms with Gasteiger partial charge in [0.05, 0.1) is 11.0 Å². The van der Waals surface area contributed by atoms with Crippen LogP contribution in [0.1, 0.15) is 11.3 Å². The maximum atomic E-state index is 13.1. The van der Waals surface area contributed by atoms with Gasteiger partial charge in [-0.2, -0.15) is 18.2 Å². The lowest BCUT2D eigenvalue weighted by molar-refractivity contribution is -0.141. The molecule has 0 aliphatic rings. The van der Waals surface area contributed by atoms with Gasteiger partial charge in [-0.3, -0.25) is 0 Å². The molecule has 13 heteroatoms. The van der Waals surface area contributed by atoms with E-state index in [2.05, 4.69) is 19.9 Å². The number of nitrogens with zero attached hydrogens (tertiary/aromatic N) is 5. The highest BCUT2D eigenvalue weighted by Gasteiger charge is 2.36. The number of alkyl halides is 3. The second kappa shape index (κ2) is 8.10. The van der Waals surface area contributed by atoms with Crippen LogP contribution in [-0.4, -0.2) is 45.3 Å². The van der Waals surface area contributed by atoms with Crippen molar-refractivity contribution in [2.45, 2.75) is 18.3 Å². The largest absolute Gasteiger partial charge is 0.471 e. The van der Waals surface area contributed by atoms with E-state index in [-0.39, 0.29) is 29.2 Å². The van der Waals surface area contributed by atoms with Gasteiger partial charge < -0.3 is 14.4 Å². The molecule has 0 bridgehead atoms. The molecule has 0 atom stereocenters. The Balaban J connectivity index is 1.59. The number of imidazole rings is 1. The third kappa shape index (κ3) is 4.56. The van der Waals surface area contributed by atoms with Crippen LogP contribution in [0.5, 0.6) is 5.88 Å². The predicted molar refractivity (Wildman–Crippen MR) is 111 cm³/mol. The molecule has 7 nitrogen and oxygen atoms in total. The minimum absolute atomic E-state index is 0.000732. The zero-order valence-electron chi connectivity index (χ0n) is 16.1. The van der Waals surface area contributed by atoms with Crippen molar-refractivity contribution in [3.05, 3.63) is 65.3 Å². The zero-order valence-corrected chi connectivity index (χ0v) is 16.8. The maximum absolute atomic E-state index is 13.1. The maximum Gasteiger partial charge on any atom is 0.434 e. The summed E-state index contributed by atoms with van der Waals surface area (Å²) in [5.41, 5.74) is -1.96. The van der Waals surface area contributed by atoms with Crippen molar-refractivity contribution in [3.63, 3.8) is 0 Å². The Hall–Kier alpha value is -3.11. The van der Waals surface area contributed by atoms with Crippen LogP contribution in [0.2, 0.25) is 5.28 Å². The summed E-state index contributed by atoms with van der Waals surface area (Å²) in [6.07, 6.45) is -2.63. The van der Waals surface area contributed by atoms with E-state index >= 15 is 0 Å². The molecule has 3 heterocycles. The van der Waals surface area contributed by atoms with E-state index in [1.54, 1.807) is 30.5 Å². The van der Waals surface area contributed by atoms with Gasteiger partial charge in [-0.15, -0.1) is 0 Å². The lowest BCUT2D eigenvalue weighted by Gasteiger charge is -2.23. The molecule has 32 heavy (non-hydrogen) atoms. The Morgan fingerprint density at radius 2 is 1.78 bits per heavy atom. The molecular formula is C19H11B2ClF3N5O2. The fourth-order valence-corrected chi connectivity index (χ4v) is 3.08. The quantitative estimate of drug-likeness (QED) is 0.368. The first-order valence-electron chi connectivity index (χ1n) is 9.00. The number of aromatic nitrogens is 5. The summed E-state index contributed by atoms with van der Waals surface area (Å²) < 4.78 is 45.6. The molecule has 0 aliphatic heterocycles. The third-order valence-corrected chi connectivity index (χ3v) is 4.53. The first kappa shape index (κ1) is 22.1. The normalized spacial score (nSPS) is 12.3. The summed E-state index contributed by atoms with van der Waals surface area (Å²) in [7, 11) is 10.8. The number of hydrogen-bond acceptors (Lipinski definition) is 6. The number of halogens is 4. The lowest BCUT2D eigenvalue weighted by atomic mass is 9.73. The van der Waals surface area contributed by atoms with Crippen LogP contribution in [0, 0.1) is 0 Å². The highest BCUT2D eigenvalue weighted by atomic mass is 35.5. The van der Waals surface area contributed by atoms with Gasteiger partial charge in [-0.1, -0.05) is 24.3 Å². The molecule has 0 unspecified atom stereocenters. The molecule has 0 fully saturated rings. The summed E-state index contributed by atoms with van der Waals surface area (Å²) >= 11 is 5.92. The minimum Gasteiger partial charge on any atom is -0.471 e. The minimum atomic E-state index is -4.74. The average Bonchev–Trinajstić information content (AvgIpc) is 3.19. The third-order valence-electron chi connectivity index (χ3n) is 4.37. The van der Waals surface area contributed by atoms with Crippen molar-refractivity contribution in [2.75, 3.05) is 0 Å². The molecule has 3 aromatic heterocycles. The van der Waals surface area contributed by atoms with E-state index in [1.807, 2.05) is 0 Å². The molecular weight excluding hydrogens is 444 g/mol. The Morgan fingerprint density at radius 3 is 2.44 bits per heavy atom. The molecule has 4 rings (SSSR count). The topological polar surface area (TPSA) is 86.0 Å². The van der Waals surface area contributed by atoms with E-state index in [4.69, 9.17) is 32.0 Å². The fraction of sp³-hybridized carbons (Fsp3) is 0.158. The van der Waals surface area contributed by atoms with Crippen molar-refractivity contribution in [2.24, 2.45) is 0 Å². The van der Waals surface area contributed by atoms with Gasteiger partial charge in [0, 0.05) is 18.0 Å². The van der Waals surface area contributed by atoms with Gasteiger partial charge in [-0.25, -0.2) is 15.0 Å². The zero-order chi connectivity index (χ0) is 23.1. The van der Waals surface area contributed by atoms with Crippen molar-refractivity contribution in [3.8, 4) is 17.3 Å². The van der Waals surface area contributed by atoms with Crippen LogP contribution in [0.3, 0.4) is 0 Å². The second-order valence-electron chi connectivity index (χ2n) is 6.76. The van der Waals surface area contributed by atoms with Crippen LogP contribution >= 0.6 is 11.6 Å². The second-order valence-corrected chi connectivity index (χ2v) is 7.09. The van der Waals surface area contributed by atoms with Gasteiger partial charge in [0.25, 0.3) is 0 Å². The number of pyridine rings is 1. The van der Waals surface area contributed by atoms with Crippen LogP contribution in [0.25, 0.3) is 22.4 Å². The molecule has 1 aromatic carbocycles. The van der Waals surface area contributed by atoms with Gasteiger partial charge in [0.15, 0.2) is 11.2 Å². The highest BCUT2D eigenvalue weighted by Crippen LogP contribution is 2.32. The standard InChI is InChI=1S/C19H11B2ClF3N5O2/c20-19(21,31)30-8-13(18(23,24)25)28-15(30)11-5-3-10(4-6-11)9-32-16-14-12(2-1-7-26-14)27-17(22)29-16/h1-8,31H,9H2. The van der Waals surface area contributed by atoms with Crippen molar-refractivity contribution >= 4 is 38.3 Å². The summed E-state index contributed by atoms with van der Waals surface area (Å²) in [6.45, 7) is 0.0687. The molecule has 0 saturated carbocycles. The number of benzene rings is 1. The monoisotopic (exact) mass is 455 g/mol. The molecule has 0 aliphatic carbocycles. The molecule has 0 spiro atoms. The van der Waals surface area contributed by atoms with Gasteiger partial charge >= 0.3 is 6.18 Å². The van der Waals surface area contributed by atoms with Crippen molar-refractivity contribution in [1.29, 1.82) is 0 Å². The number of hydrogen-bond donors (Lipinski definition) is 1. The summed E-state index contributed by atoms with van der Waals surface area (Å²) in [4.78, 5) is 15.8. The SMILES string of the molecule is [B]C([B])(O)n1cc(C(F)(F)F)nc1-c1ccc(COc2nc(Cl)nc3cccnc23)cc1. The summed E-state index contributed by atoms with van der Waals surface area (Å²) in [5.74, 6) is -0.0681. The average molecular weight is 455 g/mol. The summed E-state index contributed by atoms with van der Waals surface area (Å²) in [6, 6.07) is 9.61. The Bertz CT molecular complexity index is 1280. The fourth-order valence-electron chi connectivity index (χ4n) is 2.91. The molecule has 0 saturated heterocycles. The highest BCUT2D eigenvalue weighted by molar-refractivity contribution is 6.36. The molecule has 158 valence electrons. The molecule has 4 radical (unpaired) electrons. The van der Waals surface area contributed by atoms with Gasteiger partial charge in [-0.05, 0) is 29.3 Å². The molecule has 4 aromatic rings. The number of rotatable bonds is 5. The van der Waals surface area contributed by atoms with Crippen LogP contribution in [-0.2, 0) is 18.3 Å². The van der Waals surface area contributed by atoms with Crippen molar-refractivity contribution in [1.82, 2.24) is 24.5 Å². The Kier molecular flexibility index (Phi) is 5.59. The van der Waals surface area contributed by atoms with Crippen LogP contribution in [0.15, 0.2) is 48.8 Å². The first-order chi connectivity index (χ1) is 15.0. The Morgan fingerprint density at radius 1 is 1.06 bits per heavy atom. The van der Waals surface area contributed by atoms with E-state index in [1.165, 1.54) is 12.1 Å². The van der Waals surface area contributed by atoms with Crippen LogP contribution < -0.4 is 4.74 Å². The number of fused-ring (bicyclic) bond motifs is 1. The number of ether oxygens (including phenoxy) is 1. The molecule has 1 N–H and O–H groups in total. The van der Waals surface area contributed by atoms with E-state index in [9.17, 15) is 18.3 Å². The van der Waals surface area contributed by atoms with E-state index in [0.29, 0.717) is 27.4 Å². The number of aliphatic hydroxyl groups is 1. The van der Waals surface area contributed by atoms with Crippen LogP contribution in [0.4, 0.5) is 13.2 Å². The Labute approximate surface area is 187 Å². The smallest absolute Gasteiger partial charge is 0.434 e. The predicted octanol–water partition coefficient (Wildman–Crippen LogP) is 3.04. The van der Waals surface area contributed by atoms with E-state index < -0.39 is 17.4 Å². The van der Waals surface area contributed by atoms with Gasteiger partial charge in [0.2, 0.25) is 11.2 Å². The van der Waals surface area contributed by atoms with Crippen molar-refractivity contribution < 1.29 is 23.0 Å². The molecule has 0 amide bonds. The van der Waals surface area contributed by atoms with E-state index in [0.717, 1.165) is 0 Å². The summed E-state index contributed by atoms with van der Waals surface area (Å²) in [5, 5.41) is 9.85. The lowest BCUT2D eigenvalue weighted by Crippen LogP contribution is -2.34. The first-order valence-corrected chi connectivity index (χ1v) is 9.38.